The quantitative estimate of drug-likeness (QED) is 0.871. The van der Waals surface area contributed by atoms with E-state index in [9.17, 15) is 4.79 Å². The van der Waals surface area contributed by atoms with Gasteiger partial charge in [-0.3, -0.25) is 4.79 Å². The SMILES string of the molecule is COCCN1CC[C@@H](CNC(=O)c2cc(C)cc(C)c2)C1. The number of likely N-dealkylation sites (tertiary alicyclic amines) is 1. The van der Waals surface area contributed by atoms with Crippen molar-refractivity contribution in [1.29, 1.82) is 0 Å². The summed E-state index contributed by atoms with van der Waals surface area (Å²) in [5, 5.41) is 3.08. The van der Waals surface area contributed by atoms with Crippen molar-refractivity contribution in [2.75, 3.05) is 39.9 Å². The number of carbonyl (C=O) groups excluding carboxylic acids is 1. The van der Waals surface area contributed by atoms with Gasteiger partial charge in [-0.25, -0.2) is 0 Å². The van der Waals surface area contributed by atoms with Crippen LogP contribution in [0.2, 0.25) is 0 Å². The normalized spacial score (nSPS) is 18.9. The lowest BCUT2D eigenvalue weighted by Gasteiger charge is -2.15. The molecule has 1 saturated heterocycles. The predicted molar refractivity (Wildman–Crippen MR) is 84.7 cm³/mol. The molecule has 0 saturated carbocycles. The van der Waals surface area contributed by atoms with Crippen molar-refractivity contribution in [2.24, 2.45) is 5.92 Å². The van der Waals surface area contributed by atoms with Gasteiger partial charge in [-0.1, -0.05) is 17.2 Å². The van der Waals surface area contributed by atoms with E-state index in [-0.39, 0.29) is 5.91 Å². The average molecular weight is 290 g/mol. The summed E-state index contributed by atoms with van der Waals surface area (Å²) in [6, 6.07) is 5.98. The van der Waals surface area contributed by atoms with E-state index in [2.05, 4.69) is 16.3 Å². The Balaban J connectivity index is 1.79. The molecule has 1 aromatic carbocycles. The Morgan fingerprint density at radius 3 is 2.71 bits per heavy atom. The van der Waals surface area contributed by atoms with Crippen LogP contribution in [0.15, 0.2) is 18.2 Å². The number of benzene rings is 1. The smallest absolute Gasteiger partial charge is 0.251 e. The number of nitrogens with one attached hydrogen (secondary N) is 1. The molecule has 0 radical (unpaired) electrons. The zero-order valence-corrected chi connectivity index (χ0v) is 13.3. The minimum atomic E-state index is 0.0390. The number of rotatable bonds is 6. The summed E-state index contributed by atoms with van der Waals surface area (Å²) in [6.45, 7) is 8.72. The van der Waals surface area contributed by atoms with Crippen LogP contribution in [0.5, 0.6) is 0 Å². The molecule has 4 heteroatoms. The van der Waals surface area contributed by atoms with Gasteiger partial charge in [0, 0.05) is 32.3 Å². The fourth-order valence-corrected chi connectivity index (χ4v) is 2.95. The number of ether oxygens (including phenoxy) is 1. The molecule has 21 heavy (non-hydrogen) atoms. The van der Waals surface area contributed by atoms with Crippen molar-refractivity contribution < 1.29 is 9.53 Å². The molecule has 116 valence electrons. The topological polar surface area (TPSA) is 41.6 Å². The van der Waals surface area contributed by atoms with Gasteiger partial charge in [0.1, 0.15) is 0 Å². The Kier molecular flexibility index (Phi) is 5.76. The van der Waals surface area contributed by atoms with Crippen LogP contribution in [0, 0.1) is 19.8 Å². The molecule has 1 aliphatic heterocycles. The minimum absolute atomic E-state index is 0.0390. The van der Waals surface area contributed by atoms with E-state index >= 15 is 0 Å². The number of hydrogen-bond donors (Lipinski definition) is 1. The highest BCUT2D eigenvalue weighted by molar-refractivity contribution is 5.94. The van der Waals surface area contributed by atoms with Crippen molar-refractivity contribution in [2.45, 2.75) is 20.3 Å². The first-order valence-corrected chi connectivity index (χ1v) is 7.66. The fourth-order valence-electron chi connectivity index (χ4n) is 2.95. The molecule has 2 rings (SSSR count). The summed E-state index contributed by atoms with van der Waals surface area (Å²) in [7, 11) is 1.73. The van der Waals surface area contributed by atoms with Gasteiger partial charge in [0.15, 0.2) is 0 Å². The first-order valence-electron chi connectivity index (χ1n) is 7.66. The van der Waals surface area contributed by atoms with Gasteiger partial charge >= 0.3 is 0 Å². The fraction of sp³-hybridized carbons (Fsp3) is 0.588. The lowest BCUT2D eigenvalue weighted by atomic mass is 10.1. The summed E-state index contributed by atoms with van der Waals surface area (Å²) in [5.74, 6) is 0.592. The molecule has 1 heterocycles. The maximum Gasteiger partial charge on any atom is 0.251 e. The Morgan fingerprint density at radius 1 is 1.33 bits per heavy atom. The monoisotopic (exact) mass is 290 g/mol. The van der Waals surface area contributed by atoms with Crippen molar-refractivity contribution >= 4 is 5.91 Å². The molecular weight excluding hydrogens is 264 g/mol. The van der Waals surface area contributed by atoms with Gasteiger partial charge < -0.3 is 15.0 Å². The highest BCUT2D eigenvalue weighted by atomic mass is 16.5. The summed E-state index contributed by atoms with van der Waals surface area (Å²) < 4.78 is 5.11. The number of aryl methyl sites for hydroxylation is 2. The molecule has 1 aliphatic rings. The number of hydrogen-bond acceptors (Lipinski definition) is 3. The molecule has 0 aromatic heterocycles. The summed E-state index contributed by atoms with van der Waals surface area (Å²) in [4.78, 5) is 14.6. The van der Waals surface area contributed by atoms with Crippen LogP contribution in [-0.2, 0) is 4.74 Å². The van der Waals surface area contributed by atoms with Gasteiger partial charge in [-0.2, -0.15) is 0 Å². The standard InChI is InChI=1S/C17H26N2O2/c1-13-8-14(2)10-16(9-13)17(20)18-11-15-4-5-19(12-15)6-7-21-3/h8-10,15H,4-7,11-12H2,1-3H3,(H,18,20)/t15-/m0/s1. The van der Waals surface area contributed by atoms with Crippen molar-refractivity contribution in [3.63, 3.8) is 0 Å². The Labute approximate surface area is 127 Å². The van der Waals surface area contributed by atoms with E-state index in [1.807, 2.05) is 26.0 Å². The van der Waals surface area contributed by atoms with Crippen molar-refractivity contribution in [3.05, 3.63) is 34.9 Å². The highest BCUT2D eigenvalue weighted by Gasteiger charge is 2.22. The van der Waals surface area contributed by atoms with Gasteiger partial charge in [0.25, 0.3) is 5.91 Å². The summed E-state index contributed by atoms with van der Waals surface area (Å²) in [6.07, 6.45) is 1.15. The Bertz CT molecular complexity index is 467. The first kappa shape index (κ1) is 16.0. The van der Waals surface area contributed by atoms with Crippen LogP contribution in [0.25, 0.3) is 0 Å². The van der Waals surface area contributed by atoms with Crippen LogP contribution >= 0.6 is 0 Å². The second kappa shape index (κ2) is 7.57. The molecule has 0 unspecified atom stereocenters. The summed E-state index contributed by atoms with van der Waals surface area (Å²) in [5.41, 5.74) is 3.03. The number of carbonyl (C=O) groups is 1. The summed E-state index contributed by atoms with van der Waals surface area (Å²) >= 11 is 0. The van der Waals surface area contributed by atoms with Gasteiger partial charge in [-0.05, 0) is 44.9 Å². The first-order chi connectivity index (χ1) is 10.1. The number of amides is 1. The average Bonchev–Trinajstić information content (AvgIpc) is 2.89. The predicted octanol–water partition coefficient (Wildman–Crippen LogP) is 2.00. The molecule has 1 aromatic rings. The van der Waals surface area contributed by atoms with Crippen LogP contribution in [0.4, 0.5) is 0 Å². The molecule has 0 spiro atoms. The maximum absolute atomic E-state index is 12.2. The van der Waals surface area contributed by atoms with Crippen LogP contribution in [-0.4, -0.2) is 50.7 Å². The molecule has 0 aliphatic carbocycles. The van der Waals surface area contributed by atoms with Crippen molar-refractivity contribution in [1.82, 2.24) is 10.2 Å². The molecule has 0 bridgehead atoms. The number of methoxy groups -OCH3 is 1. The molecule has 4 nitrogen and oxygen atoms in total. The van der Waals surface area contributed by atoms with E-state index in [1.54, 1.807) is 7.11 Å². The molecule has 1 atom stereocenters. The van der Waals surface area contributed by atoms with E-state index in [1.165, 1.54) is 0 Å². The van der Waals surface area contributed by atoms with E-state index in [0.29, 0.717) is 5.92 Å². The van der Waals surface area contributed by atoms with Crippen LogP contribution in [0.3, 0.4) is 0 Å². The zero-order chi connectivity index (χ0) is 15.2. The highest BCUT2D eigenvalue weighted by Crippen LogP contribution is 2.15. The van der Waals surface area contributed by atoms with Crippen LogP contribution < -0.4 is 5.32 Å². The lowest BCUT2D eigenvalue weighted by molar-refractivity contribution is 0.0946. The second-order valence-corrected chi connectivity index (χ2v) is 6.03. The maximum atomic E-state index is 12.2. The second-order valence-electron chi connectivity index (χ2n) is 6.03. The van der Waals surface area contributed by atoms with Crippen molar-refractivity contribution in [3.8, 4) is 0 Å². The molecule has 1 N–H and O–H groups in total. The Hall–Kier alpha value is -1.39. The third-order valence-corrected chi connectivity index (χ3v) is 4.02. The van der Waals surface area contributed by atoms with E-state index in [0.717, 1.165) is 55.9 Å². The number of nitrogens with zero attached hydrogens (tertiary/aromatic N) is 1. The van der Waals surface area contributed by atoms with Gasteiger partial charge in [0.2, 0.25) is 0 Å². The molecule has 1 amide bonds. The minimum Gasteiger partial charge on any atom is -0.383 e. The molecular formula is C17H26N2O2. The zero-order valence-electron chi connectivity index (χ0n) is 13.3. The largest absolute Gasteiger partial charge is 0.383 e. The van der Waals surface area contributed by atoms with E-state index < -0.39 is 0 Å². The Morgan fingerprint density at radius 2 is 2.05 bits per heavy atom. The van der Waals surface area contributed by atoms with E-state index in [4.69, 9.17) is 4.74 Å². The van der Waals surface area contributed by atoms with Gasteiger partial charge in [0.05, 0.1) is 6.61 Å². The third kappa shape index (κ3) is 4.83. The third-order valence-electron chi connectivity index (χ3n) is 4.02. The van der Waals surface area contributed by atoms with Crippen LogP contribution in [0.1, 0.15) is 27.9 Å². The van der Waals surface area contributed by atoms with Gasteiger partial charge in [-0.15, -0.1) is 0 Å². The molecule has 1 fully saturated rings. The lowest BCUT2D eigenvalue weighted by Crippen LogP contribution is -2.31.